The average Bonchev–Trinajstić information content (AvgIpc) is 2.46. The lowest BCUT2D eigenvalue weighted by Gasteiger charge is -2.30. The van der Waals surface area contributed by atoms with Crippen molar-refractivity contribution >= 4 is 23.4 Å². The van der Waals surface area contributed by atoms with Crippen LogP contribution in [0.1, 0.15) is 39.2 Å². The minimum absolute atomic E-state index is 0.519. The molecule has 0 aromatic carbocycles. The molecule has 1 aromatic heterocycles. The van der Waals surface area contributed by atoms with Crippen molar-refractivity contribution in [1.82, 2.24) is 9.97 Å². The summed E-state index contributed by atoms with van der Waals surface area (Å²) in [7, 11) is 2.15. The van der Waals surface area contributed by atoms with Gasteiger partial charge in [-0.15, -0.1) is 0 Å². The molecule has 0 fully saturated rings. The van der Waals surface area contributed by atoms with Gasteiger partial charge in [0.1, 0.15) is 18.0 Å². The van der Waals surface area contributed by atoms with Gasteiger partial charge in [0.2, 0.25) is 0 Å². The molecule has 114 valence electrons. The van der Waals surface area contributed by atoms with Gasteiger partial charge < -0.3 is 10.2 Å². The molecule has 1 N–H and O–H groups in total. The van der Waals surface area contributed by atoms with Gasteiger partial charge >= 0.3 is 0 Å². The van der Waals surface area contributed by atoms with E-state index in [0.717, 1.165) is 43.2 Å². The predicted molar refractivity (Wildman–Crippen MR) is 91.1 cm³/mol. The minimum Gasteiger partial charge on any atom is -0.370 e. The lowest BCUT2D eigenvalue weighted by atomic mass is 10.1. The molecular weight excluding hydrogens is 268 g/mol. The summed E-state index contributed by atoms with van der Waals surface area (Å²) in [5.74, 6) is 3.20. The second-order valence-electron chi connectivity index (χ2n) is 4.93. The van der Waals surface area contributed by atoms with Crippen LogP contribution in [0.5, 0.6) is 0 Å². The van der Waals surface area contributed by atoms with Crippen LogP contribution in [0.25, 0.3) is 0 Å². The van der Waals surface area contributed by atoms with Crippen molar-refractivity contribution < 1.29 is 0 Å². The molecule has 0 spiro atoms. The zero-order chi connectivity index (χ0) is 15.0. The first-order chi connectivity index (χ1) is 9.69. The molecule has 0 amide bonds. The third-order valence-corrected chi connectivity index (χ3v) is 4.20. The summed E-state index contributed by atoms with van der Waals surface area (Å²) in [5.41, 5.74) is 1.25. The van der Waals surface area contributed by atoms with Gasteiger partial charge in [0.25, 0.3) is 0 Å². The van der Waals surface area contributed by atoms with E-state index < -0.39 is 0 Å². The highest BCUT2D eigenvalue weighted by molar-refractivity contribution is 7.98. The third-order valence-electron chi connectivity index (χ3n) is 3.48. The lowest BCUT2D eigenvalue weighted by Crippen LogP contribution is -2.34. The van der Waals surface area contributed by atoms with Gasteiger partial charge in [-0.05, 0) is 26.0 Å². The van der Waals surface area contributed by atoms with Gasteiger partial charge in [0, 0.05) is 31.0 Å². The van der Waals surface area contributed by atoms with E-state index in [1.54, 1.807) is 6.33 Å². The molecule has 5 heteroatoms. The maximum atomic E-state index is 4.56. The molecule has 1 atom stereocenters. The van der Waals surface area contributed by atoms with Crippen LogP contribution >= 0.6 is 11.8 Å². The van der Waals surface area contributed by atoms with Crippen LogP contribution in [0.3, 0.4) is 0 Å². The number of hydrogen-bond acceptors (Lipinski definition) is 5. The predicted octanol–water partition coefficient (Wildman–Crippen LogP) is 3.44. The van der Waals surface area contributed by atoms with Gasteiger partial charge in [-0.2, -0.15) is 11.8 Å². The zero-order valence-electron chi connectivity index (χ0n) is 13.4. The van der Waals surface area contributed by atoms with E-state index >= 15 is 0 Å². The highest BCUT2D eigenvalue weighted by atomic mass is 32.2. The Kier molecular flexibility index (Phi) is 7.73. The molecule has 0 radical (unpaired) electrons. The third kappa shape index (κ3) is 4.27. The van der Waals surface area contributed by atoms with Crippen LogP contribution in [-0.2, 0) is 6.42 Å². The number of nitrogens with zero attached hydrogens (tertiary/aromatic N) is 3. The fourth-order valence-electron chi connectivity index (χ4n) is 2.38. The quantitative estimate of drug-likeness (QED) is 0.756. The number of anilines is 2. The molecule has 1 rings (SSSR count). The van der Waals surface area contributed by atoms with Crippen LogP contribution in [0.2, 0.25) is 0 Å². The summed E-state index contributed by atoms with van der Waals surface area (Å²) in [6.07, 6.45) is 7.08. The summed E-state index contributed by atoms with van der Waals surface area (Å²) < 4.78 is 0. The average molecular weight is 296 g/mol. The summed E-state index contributed by atoms with van der Waals surface area (Å²) in [6.45, 7) is 7.43. The Morgan fingerprint density at radius 2 is 2.05 bits per heavy atom. The molecule has 0 bridgehead atoms. The maximum absolute atomic E-state index is 4.56. The molecule has 20 heavy (non-hydrogen) atoms. The Morgan fingerprint density at radius 3 is 2.60 bits per heavy atom. The van der Waals surface area contributed by atoms with Crippen LogP contribution in [0.15, 0.2) is 6.33 Å². The van der Waals surface area contributed by atoms with E-state index in [0.29, 0.717) is 6.04 Å². The van der Waals surface area contributed by atoms with Gasteiger partial charge in [0.05, 0.1) is 0 Å². The molecule has 1 heterocycles. The van der Waals surface area contributed by atoms with E-state index in [1.807, 2.05) is 11.8 Å². The standard InChI is InChI=1S/C15H28N4S/c1-6-9-13-14(16-8-3)17-11-18-15(13)19(4)12(7-2)10-20-5/h11-12H,6-10H2,1-5H3,(H,16,17,18). The lowest BCUT2D eigenvalue weighted by molar-refractivity contribution is 0.660. The van der Waals surface area contributed by atoms with Crippen molar-refractivity contribution in [3.05, 3.63) is 11.9 Å². The molecule has 4 nitrogen and oxygen atoms in total. The summed E-state index contributed by atoms with van der Waals surface area (Å²) in [4.78, 5) is 11.3. The Bertz CT molecular complexity index is 397. The Hall–Kier alpha value is -0.970. The number of rotatable bonds is 9. The largest absolute Gasteiger partial charge is 0.370 e. The molecule has 1 unspecified atom stereocenters. The fraction of sp³-hybridized carbons (Fsp3) is 0.733. The van der Waals surface area contributed by atoms with Crippen LogP contribution < -0.4 is 10.2 Å². The topological polar surface area (TPSA) is 41.1 Å². The number of nitrogens with one attached hydrogen (secondary N) is 1. The van der Waals surface area contributed by atoms with Crippen molar-refractivity contribution in [2.24, 2.45) is 0 Å². The monoisotopic (exact) mass is 296 g/mol. The highest BCUT2D eigenvalue weighted by Crippen LogP contribution is 2.26. The van der Waals surface area contributed by atoms with Crippen LogP contribution in [0, 0.1) is 0 Å². The van der Waals surface area contributed by atoms with Crippen LogP contribution in [-0.4, -0.2) is 41.6 Å². The smallest absolute Gasteiger partial charge is 0.137 e. The van der Waals surface area contributed by atoms with Crippen LogP contribution in [0.4, 0.5) is 11.6 Å². The summed E-state index contributed by atoms with van der Waals surface area (Å²) in [5, 5.41) is 3.36. The van der Waals surface area contributed by atoms with Gasteiger partial charge in [-0.1, -0.05) is 20.3 Å². The molecule has 0 aliphatic rings. The first-order valence-corrected chi connectivity index (χ1v) is 8.88. The van der Waals surface area contributed by atoms with E-state index in [2.05, 4.69) is 54.3 Å². The van der Waals surface area contributed by atoms with E-state index in [9.17, 15) is 0 Å². The zero-order valence-corrected chi connectivity index (χ0v) is 14.3. The Morgan fingerprint density at radius 1 is 1.30 bits per heavy atom. The second kappa shape index (κ2) is 9.06. The van der Waals surface area contributed by atoms with Gasteiger partial charge in [0.15, 0.2) is 0 Å². The normalized spacial score (nSPS) is 12.2. The molecular formula is C15H28N4S. The molecule has 0 aliphatic carbocycles. The van der Waals surface area contributed by atoms with Gasteiger partial charge in [-0.3, -0.25) is 0 Å². The SMILES string of the molecule is CCCc1c(NCC)ncnc1N(C)C(CC)CSC. The second-order valence-corrected chi connectivity index (χ2v) is 5.84. The maximum Gasteiger partial charge on any atom is 0.137 e. The molecule has 0 saturated heterocycles. The summed E-state index contributed by atoms with van der Waals surface area (Å²) in [6, 6.07) is 0.519. The first kappa shape index (κ1) is 17.1. The van der Waals surface area contributed by atoms with Crippen molar-refractivity contribution in [3.63, 3.8) is 0 Å². The first-order valence-electron chi connectivity index (χ1n) is 7.48. The Labute approximate surface area is 127 Å². The van der Waals surface area contributed by atoms with Crippen molar-refractivity contribution in [2.45, 2.75) is 46.1 Å². The van der Waals surface area contributed by atoms with Crippen molar-refractivity contribution in [3.8, 4) is 0 Å². The number of hydrogen-bond donors (Lipinski definition) is 1. The summed E-state index contributed by atoms with van der Waals surface area (Å²) >= 11 is 1.89. The Balaban J connectivity index is 3.10. The van der Waals surface area contributed by atoms with Crippen molar-refractivity contribution in [1.29, 1.82) is 0 Å². The molecule has 1 aromatic rings. The number of aromatic nitrogens is 2. The van der Waals surface area contributed by atoms with E-state index in [4.69, 9.17) is 0 Å². The number of thioether (sulfide) groups is 1. The molecule has 0 saturated carbocycles. The molecule has 0 aliphatic heterocycles. The van der Waals surface area contributed by atoms with E-state index in [1.165, 1.54) is 5.56 Å². The highest BCUT2D eigenvalue weighted by Gasteiger charge is 2.19. The van der Waals surface area contributed by atoms with Crippen molar-refractivity contribution in [2.75, 3.05) is 35.8 Å². The minimum atomic E-state index is 0.519. The fourth-order valence-corrected chi connectivity index (χ4v) is 3.22. The van der Waals surface area contributed by atoms with E-state index in [-0.39, 0.29) is 0 Å². The van der Waals surface area contributed by atoms with Gasteiger partial charge in [-0.25, -0.2) is 9.97 Å².